The Morgan fingerprint density at radius 2 is 1.88 bits per heavy atom. The first-order valence-corrected chi connectivity index (χ1v) is 6.57. The van der Waals surface area contributed by atoms with E-state index >= 15 is 0 Å². The lowest BCUT2D eigenvalue weighted by molar-refractivity contribution is -0.137. The summed E-state index contributed by atoms with van der Waals surface area (Å²) >= 11 is 0. The van der Waals surface area contributed by atoms with E-state index in [9.17, 15) is 4.79 Å². The maximum Gasteiger partial charge on any atom is 0.303 e. The maximum absolute atomic E-state index is 10.5. The van der Waals surface area contributed by atoms with E-state index in [0.717, 1.165) is 6.42 Å². The van der Waals surface area contributed by atoms with E-state index in [2.05, 4.69) is 26.1 Å². The van der Waals surface area contributed by atoms with Gasteiger partial charge in [-0.05, 0) is 26.2 Å². The van der Waals surface area contributed by atoms with Crippen LogP contribution in [0.2, 0.25) is 0 Å². The number of nitrogens with one attached hydrogen (secondary N) is 1. The summed E-state index contributed by atoms with van der Waals surface area (Å²) in [6.45, 7) is 6.48. The van der Waals surface area contributed by atoms with Gasteiger partial charge >= 0.3 is 5.97 Å². The summed E-state index contributed by atoms with van der Waals surface area (Å²) in [5, 5.41) is 12.2. The Balaban J connectivity index is 3.81. The number of aliphatic carboxylic acids is 1. The van der Waals surface area contributed by atoms with Crippen molar-refractivity contribution in [2.75, 3.05) is 0 Å². The summed E-state index contributed by atoms with van der Waals surface area (Å²) in [6.07, 6.45) is 7.06. The molecular formula is C13H27NO2. The normalized spacial score (nSPS) is 14.7. The van der Waals surface area contributed by atoms with Gasteiger partial charge in [0.1, 0.15) is 0 Å². The molecule has 0 saturated carbocycles. The lowest BCUT2D eigenvalue weighted by atomic mass is 10.0. The molecule has 0 amide bonds. The Labute approximate surface area is 99.6 Å². The fraction of sp³-hybridized carbons (Fsp3) is 0.923. The van der Waals surface area contributed by atoms with Gasteiger partial charge in [-0.25, -0.2) is 0 Å². The van der Waals surface area contributed by atoms with E-state index in [1.807, 2.05) is 0 Å². The van der Waals surface area contributed by atoms with E-state index in [0.29, 0.717) is 12.1 Å². The van der Waals surface area contributed by atoms with Crippen LogP contribution in [0.1, 0.15) is 65.7 Å². The van der Waals surface area contributed by atoms with Crippen molar-refractivity contribution in [3.05, 3.63) is 0 Å². The van der Waals surface area contributed by atoms with Gasteiger partial charge in [0, 0.05) is 18.5 Å². The second kappa shape index (κ2) is 9.64. The molecule has 96 valence electrons. The van der Waals surface area contributed by atoms with E-state index in [1.54, 1.807) is 0 Å². The molecule has 2 N–H and O–H groups in total. The van der Waals surface area contributed by atoms with Crippen LogP contribution in [0.25, 0.3) is 0 Å². The van der Waals surface area contributed by atoms with Crippen LogP contribution in [0, 0.1) is 0 Å². The van der Waals surface area contributed by atoms with Crippen LogP contribution < -0.4 is 5.32 Å². The van der Waals surface area contributed by atoms with Gasteiger partial charge in [0.15, 0.2) is 0 Å². The molecule has 0 aromatic heterocycles. The lowest BCUT2D eigenvalue weighted by Gasteiger charge is -2.22. The van der Waals surface area contributed by atoms with Crippen molar-refractivity contribution < 1.29 is 9.90 Å². The zero-order valence-electron chi connectivity index (χ0n) is 11.0. The predicted octanol–water partition coefficient (Wildman–Crippen LogP) is 3.19. The zero-order chi connectivity index (χ0) is 12.4. The first kappa shape index (κ1) is 15.4. The number of unbranched alkanes of at least 4 members (excludes halogenated alkanes) is 1. The molecule has 0 aliphatic heterocycles. The predicted molar refractivity (Wildman–Crippen MR) is 67.7 cm³/mol. The third-order valence-corrected chi connectivity index (χ3v) is 2.85. The van der Waals surface area contributed by atoms with E-state index in [4.69, 9.17) is 5.11 Å². The first-order chi connectivity index (χ1) is 7.60. The van der Waals surface area contributed by atoms with Crippen LogP contribution in [0.5, 0.6) is 0 Å². The van der Waals surface area contributed by atoms with E-state index in [-0.39, 0.29) is 6.42 Å². The molecule has 0 bridgehead atoms. The van der Waals surface area contributed by atoms with Crippen molar-refractivity contribution in [2.24, 2.45) is 0 Å². The molecule has 0 heterocycles. The number of carboxylic acid groups (broad SMARTS) is 1. The third-order valence-electron chi connectivity index (χ3n) is 2.85. The van der Waals surface area contributed by atoms with Gasteiger partial charge in [-0.3, -0.25) is 4.79 Å². The molecule has 2 unspecified atom stereocenters. The van der Waals surface area contributed by atoms with Crippen molar-refractivity contribution >= 4 is 5.97 Å². The van der Waals surface area contributed by atoms with Gasteiger partial charge in [0.25, 0.3) is 0 Å². The number of hydrogen-bond donors (Lipinski definition) is 2. The van der Waals surface area contributed by atoms with Crippen LogP contribution in [0.3, 0.4) is 0 Å². The van der Waals surface area contributed by atoms with Gasteiger partial charge in [-0.1, -0.05) is 33.1 Å². The molecule has 3 nitrogen and oxygen atoms in total. The van der Waals surface area contributed by atoms with Gasteiger partial charge < -0.3 is 10.4 Å². The zero-order valence-corrected chi connectivity index (χ0v) is 11.0. The highest BCUT2D eigenvalue weighted by atomic mass is 16.4. The lowest BCUT2D eigenvalue weighted by Crippen LogP contribution is -2.36. The highest BCUT2D eigenvalue weighted by molar-refractivity contribution is 5.66. The number of rotatable bonds is 10. The summed E-state index contributed by atoms with van der Waals surface area (Å²) in [7, 11) is 0. The molecule has 0 fully saturated rings. The Kier molecular flexibility index (Phi) is 9.30. The minimum atomic E-state index is -0.700. The Hall–Kier alpha value is -0.570. The fourth-order valence-electron chi connectivity index (χ4n) is 1.94. The number of carbonyl (C=O) groups is 1. The molecule has 16 heavy (non-hydrogen) atoms. The summed E-state index contributed by atoms with van der Waals surface area (Å²) in [5.41, 5.74) is 0. The number of carboxylic acids is 1. The molecule has 0 spiro atoms. The van der Waals surface area contributed by atoms with Crippen LogP contribution in [-0.2, 0) is 4.79 Å². The van der Waals surface area contributed by atoms with Crippen LogP contribution in [0.4, 0.5) is 0 Å². The van der Waals surface area contributed by atoms with Crippen LogP contribution >= 0.6 is 0 Å². The van der Waals surface area contributed by atoms with Gasteiger partial charge in [-0.15, -0.1) is 0 Å². The van der Waals surface area contributed by atoms with Crippen molar-refractivity contribution in [1.82, 2.24) is 5.32 Å². The molecule has 0 radical (unpaired) electrons. The smallest absolute Gasteiger partial charge is 0.303 e. The molecule has 0 aromatic carbocycles. The molecule has 2 atom stereocenters. The van der Waals surface area contributed by atoms with Crippen molar-refractivity contribution in [3.8, 4) is 0 Å². The molecule has 3 heteroatoms. The first-order valence-electron chi connectivity index (χ1n) is 6.57. The topological polar surface area (TPSA) is 49.3 Å². The highest BCUT2D eigenvalue weighted by Gasteiger charge is 2.11. The minimum absolute atomic E-state index is 0.265. The Morgan fingerprint density at radius 3 is 2.38 bits per heavy atom. The van der Waals surface area contributed by atoms with Crippen LogP contribution in [-0.4, -0.2) is 23.2 Å². The molecule has 0 aromatic rings. The van der Waals surface area contributed by atoms with Crippen molar-refractivity contribution in [2.45, 2.75) is 77.8 Å². The van der Waals surface area contributed by atoms with Gasteiger partial charge in [-0.2, -0.15) is 0 Å². The minimum Gasteiger partial charge on any atom is -0.481 e. The quantitative estimate of drug-likeness (QED) is 0.605. The Bertz CT molecular complexity index is 183. The largest absolute Gasteiger partial charge is 0.481 e. The average molecular weight is 229 g/mol. The van der Waals surface area contributed by atoms with E-state index < -0.39 is 5.97 Å². The van der Waals surface area contributed by atoms with Crippen molar-refractivity contribution in [1.29, 1.82) is 0 Å². The SMILES string of the molecule is CCCCC(CCC)NC(C)CCC(=O)O. The van der Waals surface area contributed by atoms with E-state index in [1.165, 1.54) is 32.1 Å². The fourth-order valence-corrected chi connectivity index (χ4v) is 1.94. The average Bonchev–Trinajstić information content (AvgIpc) is 2.23. The maximum atomic E-state index is 10.5. The molecule has 0 aliphatic carbocycles. The molecule has 0 aliphatic rings. The summed E-state index contributed by atoms with van der Waals surface area (Å²) in [4.78, 5) is 10.5. The summed E-state index contributed by atoms with van der Waals surface area (Å²) in [5.74, 6) is -0.700. The summed E-state index contributed by atoms with van der Waals surface area (Å²) < 4.78 is 0. The van der Waals surface area contributed by atoms with Gasteiger partial charge in [0.2, 0.25) is 0 Å². The summed E-state index contributed by atoms with van der Waals surface area (Å²) in [6, 6.07) is 0.873. The molecular weight excluding hydrogens is 202 g/mol. The highest BCUT2D eigenvalue weighted by Crippen LogP contribution is 2.09. The van der Waals surface area contributed by atoms with Crippen molar-refractivity contribution in [3.63, 3.8) is 0 Å². The standard InChI is InChI=1S/C13H27NO2/c1-4-6-8-12(7-5-2)14-11(3)9-10-13(15)16/h11-12,14H,4-10H2,1-3H3,(H,15,16). The van der Waals surface area contributed by atoms with Gasteiger partial charge in [0.05, 0.1) is 0 Å². The second-order valence-electron chi connectivity index (χ2n) is 4.63. The number of hydrogen-bond acceptors (Lipinski definition) is 2. The molecule has 0 rings (SSSR count). The molecule has 0 saturated heterocycles. The Morgan fingerprint density at radius 1 is 1.19 bits per heavy atom. The third kappa shape index (κ3) is 8.72. The second-order valence-corrected chi connectivity index (χ2v) is 4.63. The van der Waals surface area contributed by atoms with Crippen LogP contribution in [0.15, 0.2) is 0 Å². The monoisotopic (exact) mass is 229 g/mol.